The minimum atomic E-state index is -3.72. The normalized spacial score (nSPS) is 14.8. The van der Waals surface area contributed by atoms with Gasteiger partial charge in [-0.25, -0.2) is 8.42 Å². The molecule has 0 aliphatic carbocycles. The number of methoxy groups -OCH3 is 1. The number of ether oxygens (including phenoxy) is 2. The van der Waals surface area contributed by atoms with Crippen molar-refractivity contribution >= 4 is 21.5 Å². The van der Waals surface area contributed by atoms with Crippen molar-refractivity contribution in [2.75, 3.05) is 38.7 Å². The van der Waals surface area contributed by atoms with E-state index < -0.39 is 10.0 Å². The number of benzene rings is 2. The summed E-state index contributed by atoms with van der Waals surface area (Å²) in [7, 11) is -2.27. The number of nitrogens with zero attached hydrogens (tertiary/aromatic N) is 3. The summed E-state index contributed by atoms with van der Waals surface area (Å²) < 4.78 is 38.4. The number of aryl methyl sites for hydroxylation is 2. The zero-order valence-corrected chi connectivity index (χ0v) is 19.1. The third-order valence-electron chi connectivity index (χ3n) is 5.49. The molecule has 168 valence electrons. The fourth-order valence-corrected chi connectivity index (χ4v) is 5.07. The van der Waals surface area contributed by atoms with Gasteiger partial charge in [0.1, 0.15) is 10.6 Å². The zero-order valence-electron chi connectivity index (χ0n) is 18.3. The highest BCUT2D eigenvalue weighted by Gasteiger charge is 2.29. The van der Waals surface area contributed by atoms with Gasteiger partial charge in [-0.15, -0.1) is 10.2 Å². The minimum absolute atomic E-state index is 0.110. The summed E-state index contributed by atoms with van der Waals surface area (Å²) in [4.78, 5) is 0.110. The molecular weight excluding hydrogens is 428 g/mol. The van der Waals surface area contributed by atoms with Crippen LogP contribution in [0.2, 0.25) is 0 Å². The van der Waals surface area contributed by atoms with E-state index in [9.17, 15) is 8.42 Å². The van der Waals surface area contributed by atoms with Crippen LogP contribution in [-0.2, 0) is 14.8 Å². The van der Waals surface area contributed by atoms with Crippen LogP contribution in [0.4, 0.5) is 11.5 Å². The Hall–Kier alpha value is -3.01. The van der Waals surface area contributed by atoms with E-state index in [2.05, 4.69) is 35.4 Å². The van der Waals surface area contributed by atoms with E-state index in [0.717, 1.165) is 5.69 Å². The molecule has 0 atom stereocenters. The lowest BCUT2D eigenvalue weighted by molar-refractivity contribution is 0.0729. The first-order chi connectivity index (χ1) is 15.4. The molecule has 1 aliphatic heterocycles. The Morgan fingerprint density at radius 3 is 2.41 bits per heavy atom. The summed E-state index contributed by atoms with van der Waals surface area (Å²) in [6, 6.07) is 14.7. The highest BCUT2D eigenvalue weighted by atomic mass is 32.2. The number of nitrogens with one attached hydrogen (secondary N) is 1. The summed E-state index contributed by atoms with van der Waals surface area (Å²) in [5.41, 5.74) is 4.55. The number of aromatic nitrogens is 2. The van der Waals surface area contributed by atoms with Crippen LogP contribution in [0.5, 0.6) is 5.75 Å². The molecule has 32 heavy (non-hydrogen) atoms. The summed E-state index contributed by atoms with van der Waals surface area (Å²) in [6.45, 7) is 5.50. The topological polar surface area (TPSA) is 93.7 Å². The van der Waals surface area contributed by atoms with Crippen molar-refractivity contribution in [1.29, 1.82) is 0 Å². The molecule has 0 bridgehead atoms. The predicted molar refractivity (Wildman–Crippen MR) is 123 cm³/mol. The molecule has 4 rings (SSSR count). The highest BCUT2D eigenvalue weighted by molar-refractivity contribution is 7.89. The van der Waals surface area contributed by atoms with Crippen LogP contribution >= 0.6 is 0 Å². The van der Waals surface area contributed by atoms with Crippen molar-refractivity contribution in [2.24, 2.45) is 0 Å². The molecule has 9 heteroatoms. The minimum Gasteiger partial charge on any atom is -0.495 e. The first-order valence-electron chi connectivity index (χ1n) is 10.3. The van der Waals surface area contributed by atoms with Crippen molar-refractivity contribution in [3.8, 4) is 17.0 Å². The molecule has 2 heterocycles. The van der Waals surface area contributed by atoms with Gasteiger partial charge in [0.2, 0.25) is 10.0 Å². The van der Waals surface area contributed by atoms with Crippen molar-refractivity contribution in [3.05, 3.63) is 59.7 Å². The Morgan fingerprint density at radius 2 is 1.75 bits per heavy atom. The lowest BCUT2D eigenvalue weighted by Crippen LogP contribution is -2.40. The van der Waals surface area contributed by atoms with Crippen LogP contribution in [0.3, 0.4) is 0 Å². The van der Waals surface area contributed by atoms with Gasteiger partial charge in [-0.1, -0.05) is 6.07 Å². The molecule has 0 saturated carbocycles. The standard InChI is InChI=1S/C23H26N4O4S/c1-16-4-6-19(14-17(16)2)24-23-9-7-20(25-26-23)18-5-8-21(30-3)22(15-18)32(28,29)27-10-12-31-13-11-27/h4-9,14-15H,10-13H2,1-3H3,(H,24,26). The van der Waals surface area contributed by atoms with E-state index in [1.807, 2.05) is 24.3 Å². The molecule has 0 spiro atoms. The second kappa shape index (κ2) is 9.23. The second-order valence-corrected chi connectivity index (χ2v) is 9.52. The number of hydrogen-bond acceptors (Lipinski definition) is 7. The van der Waals surface area contributed by atoms with Gasteiger partial charge in [-0.2, -0.15) is 4.31 Å². The van der Waals surface area contributed by atoms with Crippen LogP contribution < -0.4 is 10.1 Å². The summed E-state index contributed by atoms with van der Waals surface area (Å²) in [6.07, 6.45) is 0. The van der Waals surface area contributed by atoms with Gasteiger partial charge < -0.3 is 14.8 Å². The third kappa shape index (κ3) is 4.59. The SMILES string of the molecule is COc1ccc(-c2ccc(Nc3ccc(C)c(C)c3)nn2)cc1S(=O)(=O)N1CCOCC1. The molecule has 0 amide bonds. The molecule has 1 N–H and O–H groups in total. The summed E-state index contributed by atoms with van der Waals surface area (Å²) >= 11 is 0. The zero-order chi connectivity index (χ0) is 22.7. The number of rotatable bonds is 6. The monoisotopic (exact) mass is 454 g/mol. The van der Waals surface area contributed by atoms with E-state index in [1.165, 1.54) is 22.5 Å². The van der Waals surface area contributed by atoms with Crippen LogP contribution in [0, 0.1) is 13.8 Å². The molecule has 3 aromatic rings. The number of anilines is 2. The molecule has 2 aromatic carbocycles. The highest BCUT2D eigenvalue weighted by Crippen LogP contribution is 2.32. The fraction of sp³-hybridized carbons (Fsp3) is 0.304. The van der Waals surface area contributed by atoms with E-state index in [1.54, 1.807) is 18.2 Å². The van der Waals surface area contributed by atoms with Crippen LogP contribution in [0.1, 0.15) is 11.1 Å². The average Bonchev–Trinajstić information content (AvgIpc) is 2.82. The molecule has 0 unspecified atom stereocenters. The lowest BCUT2D eigenvalue weighted by Gasteiger charge is -2.26. The quantitative estimate of drug-likeness (QED) is 0.609. The number of sulfonamides is 1. The predicted octanol–water partition coefficient (Wildman–Crippen LogP) is 3.53. The molecular formula is C23H26N4O4S. The van der Waals surface area contributed by atoms with Crippen molar-refractivity contribution < 1.29 is 17.9 Å². The smallest absolute Gasteiger partial charge is 0.246 e. The summed E-state index contributed by atoms with van der Waals surface area (Å²) in [5.74, 6) is 0.896. The maximum Gasteiger partial charge on any atom is 0.246 e. The van der Waals surface area contributed by atoms with Gasteiger partial charge in [0, 0.05) is 24.3 Å². The largest absolute Gasteiger partial charge is 0.495 e. The number of morpholine rings is 1. The van der Waals surface area contributed by atoms with Gasteiger partial charge in [0.15, 0.2) is 5.82 Å². The Balaban J connectivity index is 1.61. The Labute approximate surface area is 188 Å². The van der Waals surface area contributed by atoms with Crippen molar-refractivity contribution in [2.45, 2.75) is 18.7 Å². The van der Waals surface area contributed by atoms with E-state index in [0.29, 0.717) is 49.1 Å². The maximum atomic E-state index is 13.2. The molecule has 1 saturated heterocycles. The molecule has 1 aliphatic rings. The Morgan fingerprint density at radius 1 is 0.969 bits per heavy atom. The molecule has 1 aromatic heterocycles. The Kier molecular flexibility index (Phi) is 6.40. The van der Waals surface area contributed by atoms with E-state index in [-0.39, 0.29) is 4.90 Å². The van der Waals surface area contributed by atoms with Crippen LogP contribution in [-0.4, -0.2) is 56.3 Å². The molecule has 8 nitrogen and oxygen atoms in total. The Bertz CT molecular complexity index is 1210. The summed E-state index contributed by atoms with van der Waals surface area (Å²) in [5, 5.41) is 11.8. The third-order valence-corrected chi connectivity index (χ3v) is 7.41. The van der Waals surface area contributed by atoms with Crippen molar-refractivity contribution in [3.63, 3.8) is 0 Å². The average molecular weight is 455 g/mol. The van der Waals surface area contributed by atoms with Gasteiger partial charge in [0.05, 0.1) is 26.0 Å². The fourth-order valence-electron chi connectivity index (χ4n) is 3.48. The molecule has 0 radical (unpaired) electrons. The number of hydrogen-bond donors (Lipinski definition) is 1. The van der Waals surface area contributed by atoms with Crippen LogP contribution in [0.25, 0.3) is 11.3 Å². The van der Waals surface area contributed by atoms with Gasteiger partial charge in [0.25, 0.3) is 0 Å². The van der Waals surface area contributed by atoms with Gasteiger partial charge in [-0.05, 0) is 67.4 Å². The van der Waals surface area contributed by atoms with Gasteiger partial charge >= 0.3 is 0 Å². The molecule has 1 fully saturated rings. The van der Waals surface area contributed by atoms with E-state index >= 15 is 0 Å². The maximum absolute atomic E-state index is 13.2. The lowest BCUT2D eigenvalue weighted by atomic mass is 10.1. The van der Waals surface area contributed by atoms with Gasteiger partial charge in [-0.3, -0.25) is 0 Å². The van der Waals surface area contributed by atoms with Crippen molar-refractivity contribution in [1.82, 2.24) is 14.5 Å². The second-order valence-electron chi connectivity index (χ2n) is 7.61. The van der Waals surface area contributed by atoms with Crippen LogP contribution in [0.15, 0.2) is 53.4 Å². The first kappa shape index (κ1) is 22.2. The van der Waals surface area contributed by atoms with E-state index in [4.69, 9.17) is 9.47 Å². The first-order valence-corrected chi connectivity index (χ1v) is 11.8.